The zero-order valence-electron chi connectivity index (χ0n) is 15.3. The van der Waals surface area contributed by atoms with E-state index in [1.54, 1.807) is 31.2 Å². The number of nitrogens with zero attached hydrogens (tertiary/aromatic N) is 2. The lowest BCUT2D eigenvalue weighted by Crippen LogP contribution is -2.28. The van der Waals surface area contributed by atoms with Crippen molar-refractivity contribution < 1.29 is 14.3 Å². The van der Waals surface area contributed by atoms with Crippen LogP contribution in [0, 0.1) is 0 Å². The first-order valence-electron chi connectivity index (χ1n) is 8.50. The second-order valence-electron chi connectivity index (χ2n) is 5.89. The van der Waals surface area contributed by atoms with Gasteiger partial charge in [-0.3, -0.25) is 4.68 Å². The van der Waals surface area contributed by atoms with E-state index in [1.165, 1.54) is 0 Å². The minimum atomic E-state index is -0.287. The number of amides is 2. The Kier molecular flexibility index (Phi) is 5.94. The van der Waals surface area contributed by atoms with Gasteiger partial charge in [0.25, 0.3) is 0 Å². The van der Waals surface area contributed by atoms with Gasteiger partial charge in [0.1, 0.15) is 11.5 Å². The summed E-state index contributed by atoms with van der Waals surface area (Å²) in [5, 5.41) is 9.95. The molecule has 0 aliphatic rings. The van der Waals surface area contributed by atoms with Gasteiger partial charge >= 0.3 is 6.03 Å². The first kappa shape index (κ1) is 18.3. The van der Waals surface area contributed by atoms with Crippen LogP contribution in [-0.4, -0.2) is 30.0 Å². The average Bonchev–Trinajstić information content (AvgIpc) is 3.20. The number of hydrogen-bond donors (Lipinski definition) is 2. The van der Waals surface area contributed by atoms with Crippen LogP contribution in [0.1, 0.15) is 11.1 Å². The smallest absolute Gasteiger partial charge is 0.319 e. The molecule has 0 atom stereocenters. The number of urea groups is 1. The third kappa shape index (κ3) is 5.01. The van der Waals surface area contributed by atoms with E-state index >= 15 is 0 Å². The Hall–Kier alpha value is -3.48. The fraction of sp³-hybridized carbons (Fsp3) is 0.200. The highest BCUT2D eigenvalue weighted by molar-refractivity contribution is 5.90. The highest BCUT2D eigenvalue weighted by Crippen LogP contribution is 2.22. The number of ether oxygens (including phenoxy) is 2. The first-order valence-corrected chi connectivity index (χ1v) is 8.50. The van der Waals surface area contributed by atoms with Gasteiger partial charge < -0.3 is 20.1 Å². The Morgan fingerprint density at radius 1 is 1.07 bits per heavy atom. The van der Waals surface area contributed by atoms with E-state index < -0.39 is 0 Å². The van der Waals surface area contributed by atoms with Gasteiger partial charge in [0.15, 0.2) is 0 Å². The molecule has 0 aliphatic carbocycles. The summed E-state index contributed by atoms with van der Waals surface area (Å²) in [7, 11) is 3.18. The molecule has 0 radical (unpaired) electrons. The molecule has 7 nitrogen and oxygen atoms in total. The predicted octanol–water partition coefficient (Wildman–Crippen LogP) is 3.27. The van der Waals surface area contributed by atoms with Gasteiger partial charge in [-0.2, -0.15) is 5.10 Å². The third-order valence-corrected chi connectivity index (χ3v) is 4.02. The molecule has 1 aromatic heterocycles. The lowest BCUT2D eigenvalue weighted by molar-refractivity contribution is 0.251. The topological polar surface area (TPSA) is 77.4 Å². The maximum atomic E-state index is 12.3. The number of carbonyl (C=O) groups excluding carboxylic acids is 1. The van der Waals surface area contributed by atoms with Crippen LogP contribution < -0.4 is 20.1 Å². The molecular weight excluding hydrogens is 344 g/mol. The molecule has 0 fully saturated rings. The minimum Gasteiger partial charge on any atom is -0.497 e. The van der Waals surface area contributed by atoms with E-state index in [2.05, 4.69) is 15.7 Å². The summed E-state index contributed by atoms with van der Waals surface area (Å²) in [4.78, 5) is 12.3. The zero-order chi connectivity index (χ0) is 19.1. The Morgan fingerprint density at radius 2 is 1.81 bits per heavy atom. The number of carbonyl (C=O) groups is 1. The van der Waals surface area contributed by atoms with Crippen molar-refractivity contribution in [3.63, 3.8) is 0 Å². The minimum absolute atomic E-state index is 0.287. The summed E-state index contributed by atoms with van der Waals surface area (Å²) >= 11 is 0. The molecule has 3 rings (SSSR count). The van der Waals surface area contributed by atoms with E-state index in [1.807, 2.05) is 48.7 Å². The van der Waals surface area contributed by atoms with E-state index in [-0.39, 0.29) is 6.03 Å². The van der Waals surface area contributed by atoms with E-state index in [0.717, 1.165) is 16.8 Å². The van der Waals surface area contributed by atoms with Crippen LogP contribution in [0.2, 0.25) is 0 Å². The van der Waals surface area contributed by atoms with Crippen LogP contribution in [-0.2, 0) is 13.1 Å². The summed E-state index contributed by atoms with van der Waals surface area (Å²) in [5.74, 6) is 1.35. The van der Waals surface area contributed by atoms with E-state index in [0.29, 0.717) is 24.6 Å². The van der Waals surface area contributed by atoms with E-state index in [4.69, 9.17) is 9.47 Å². The molecule has 0 saturated heterocycles. The zero-order valence-corrected chi connectivity index (χ0v) is 15.3. The van der Waals surface area contributed by atoms with Crippen LogP contribution in [0.3, 0.4) is 0 Å². The van der Waals surface area contributed by atoms with Crippen molar-refractivity contribution in [3.8, 4) is 11.5 Å². The number of benzene rings is 2. The number of hydrogen-bond acceptors (Lipinski definition) is 4. The van der Waals surface area contributed by atoms with Gasteiger partial charge in [-0.15, -0.1) is 0 Å². The summed E-state index contributed by atoms with van der Waals surface area (Å²) in [5.41, 5.74) is 2.60. The van der Waals surface area contributed by atoms with Crippen molar-refractivity contribution in [1.29, 1.82) is 0 Å². The van der Waals surface area contributed by atoms with E-state index in [9.17, 15) is 4.79 Å². The average molecular weight is 366 g/mol. The van der Waals surface area contributed by atoms with Crippen LogP contribution in [0.5, 0.6) is 11.5 Å². The summed E-state index contributed by atoms with van der Waals surface area (Å²) in [6, 6.07) is 14.7. The summed E-state index contributed by atoms with van der Waals surface area (Å²) in [6.07, 6.45) is 3.61. The summed E-state index contributed by atoms with van der Waals surface area (Å²) in [6.45, 7) is 0.928. The lowest BCUT2D eigenvalue weighted by Gasteiger charge is -2.13. The molecule has 0 unspecified atom stereocenters. The molecule has 7 heteroatoms. The molecule has 2 amide bonds. The van der Waals surface area contributed by atoms with Crippen molar-refractivity contribution >= 4 is 11.7 Å². The number of para-hydroxylation sites is 1. The van der Waals surface area contributed by atoms with Crippen molar-refractivity contribution in [2.45, 2.75) is 13.1 Å². The molecular formula is C20H22N4O3. The van der Waals surface area contributed by atoms with Gasteiger partial charge in [0.2, 0.25) is 0 Å². The largest absolute Gasteiger partial charge is 0.497 e. The maximum absolute atomic E-state index is 12.3. The van der Waals surface area contributed by atoms with Gasteiger partial charge in [-0.05, 0) is 35.4 Å². The molecule has 3 aromatic rings. The molecule has 2 aromatic carbocycles. The van der Waals surface area contributed by atoms with Gasteiger partial charge in [0, 0.05) is 30.7 Å². The number of rotatable bonds is 7. The molecule has 0 aliphatic heterocycles. The molecule has 2 N–H and O–H groups in total. The number of aromatic nitrogens is 2. The van der Waals surface area contributed by atoms with Gasteiger partial charge in [-0.1, -0.05) is 18.2 Å². The second kappa shape index (κ2) is 8.75. The fourth-order valence-corrected chi connectivity index (χ4v) is 2.67. The standard InChI is InChI=1S/C20H22N4O3/c1-26-17-10-15(11-18(12-17)27-2)13-21-20(25)23-19-7-4-3-6-16(19)14-24-9-5-8-22-24/h3-12H,13-14H2,1-2H3,(H2,21,23,25). The molecule has 0 spiro atoms. The Labute approximate surface area is 157 Å². The monoisotopic (exact) mass is 366 g/mol. The van der Waals surface area contributed by atoms with Gasteiger partial charge in [0.05, 0.1) is 20.8 Å². The number of anilines is 1. The van der Waals surface area contributed by atoms with Crippen molar-refractivity contribution in [1.82, 2.24) is 15.1 Å². The number of nitrogens with one attached hydrogen (secondary N) is 2. The molecule has 140 valence electrons. The van der Waals surface area contributed by atoms with Crippen molar-refractivity contribution in [3.05, 3.63) is 72.1 Å². The summed E-state index contributed by atoms with van der Waals surface area (Å²) < 4.78 is 12.3. The molecule has 27 heavy (non-hydrogen) atoms. The van der Waals surface area contributed by atoms with Crippen molar-refractivity contribution in [2.24, 2.45) is 0 Å². The van der Waals surface area contributed by atoms with Crippen LogP contribution in [0.4, 0.5) is 10.5 Å². The second-order valence-corrected chi connectivity index (χ2v) is 5.89. The maximum Gasteiger partial charge on any atom is 0.319 e. The lowest BCUT2D eigenvalue weighted by atomic mass is 10.2. The quantitative estimate of drug-likeness (QED) is 0.673. The first-order chi connectivity index (χ1) is 13.2. The predicted molar refractivity (Wildman–Crippen MR) is 103 cm³/mol. The molecule has 1 heterocycles. The highest BCUT2D eigenvalue weighted by Gasteiger charge is 2.08. The highest BCUT2D eigenvalue weighted by atomic mass is 16.5. The van der Waals surface area contributed by atoms with Crippen LogP contribution in [0.15, 0.2) is 60.9 Å². The van der Waals surface area contributed by atoms with Crippen molar-refractivity contribution in [2.75, 3.05) is 19.5 Å². The van der Waals surface area contributed by atoms with Crippen LogP contribution >= 0.6 is 0 Å². The Bertz CT molecular complexity index is 872. The molecule has 0 bridgehead atoms. The Morgan fingerprint density at radius 3 is 2.48 bits per heavy atom. The Balaban J connectivity index is 1.63. The van der Waals surface area contributed by atoms with Crippen LogP contribution in [0.25, 0.3) is 0 Å². The third-order valence-electron chi connectivity index (χ3n) is 4.02. The number of methoxy groups -OCH3 is 2. The molecule has 0 saturated carbocycles. The SMILES string of the molecule is COc1cc(CNC(=O)Nc2ccccc2Cn2cccn2)cc(OC)c1. The fourth-order valence-electron chi connectivity index (χ4n) is 2.67. The van der Waals surface area contributed by atoms with Gasteiger partial charge in [-0.25, -0.2) is 4.79 Å². The normalized spacial score (nSPS) is 10.3.